The molecule has 0 radical (unpaired) electrons. The first-order chi connectivity index (χ1) is 12.8. The van der Waals surface area contributed by atoms with Crippen LogP contribution in [0.1, 0.15) is 47.0 Å². The fourth-order valence-electron chi connectivity index (χ4n) is 3.71. The zero-order valence-electron chi connectivity index (χ0n) is 16.8. The Morgan fingerprint density at radius 2 is 2.07 bits per heavy atom. The fraction of sp³-hybridized carbons (Fsp3) is 0.409. The number of rotatable bonds is 4. The number of benzene rings is 1. The molecule has 1 aliphatic carbocycles. The molecule has 2 aromatic rings. The van der Waals surface area contributed by atoms with Crippen LogP contribution in [0.2, 0.25) is 0 Å². The van der Waals surface area contributed by atoms with E-state index in [1.165, 1.54) is 35.0 Å². The molecule has 0 saturated heterocycles. The Bertz CT molecular complexity index is 1010. The van der Waals surface area contributed by atoms with Crippen molar-refractivity contribution in [1.29, 1.82) is 0 Å². The van der Waals surface area contributed by atoms with E-state index in [2.05, 4.69) is 42.4 Å². The smallest absolute Gasteiger partial charge is 0.262 e. The largest absolute Gasteiger partial charge is 0.280 e. The van der Waals surface area contributed by atoms with Crippen molar-refractivity contribution in [3.63, 3.8) is 0 Å². The van der Waals surface area contributed by atoms with Crippen LogP contribution in [0, 0.1) is 5.41 Å². The number of hydrogen-bond donors (Lipinski definition) is 1. The van der Waals surface area contributed by atoms with Gasteiger partial charge in [0.15, 0.2) is 0 Å². The predicted octanol–water partition coefficient (Wildman–Crippen LogP) is 4.80. The fourth-order valence-corrected chi connectivity index (χ4v) is 3.71. The molecule has 1 aromatic carbocycles. The maximum atomic E-state index is 12.4. The number of fused-ring (bicyclic) bond motifs is 1. The molecule has 142 valence electrons. The molecule has 0 spiro atoms. The molecule has 1 heterocycles. The summed E-state index contributed by atoms with van der Waals surface area (Å²) in [4.78, 5) is 17.0. The highest BCUT2D eigenvalue weighted by molar-refractivity contribution is 5.93. The Balaban J connectivity index is 1.83. The van der Waals surface area contributed by atoms with Gasteiger partial charge in [-0.2, -0.15) is 5.10 Å². The van der Waals surface area contributed by atoms with Gasteiger partial charge in [-0.15, -0.1) is 0 Å². The van der Waals surface area contributed by atoms with E-state index in [9.17, 15) is 4.79 Å². The summed E-state index contributed by atoms with van der Waals surface area (Å²) in [5.74, 6) is 0.430. The number of hydrazone groups is 1. The molecular formula is C22H28N4O. The third-order valence-electron chi connectivity index (χ3n) is 5.35. The van der Waals surface area contributed by atoms with Gasteiger partial charge in [-0.3, -0.25) is 9.36 Å². The van der Waals surface area contributed by atoms with Crippen molar-refractivity contribution in [2.24, 2.45) is 17.6 Å². The van der Waals surface area contributed by atoms with E-state index >= 15 is 0 Å². The Kier molecular flexibility index (Phi) is 5.31. The zero-order chi connectivity index (χ0) is 19.6. The normalized spacial score (nSPS) is 17.7. The molecule has 0 saturated carbocycles. The van der Waals surface area contributed by atoms with Crippen molar-refractivity contribution in [2.75, 3.05) is 5.43 Å². The van der Waals surface area contributed by atoms with Crippen molar-refractivity contribution in [3.8, 4) is 0 Å². The van der Waals surface area contributed by atoms with Crippen LogP contribution in [0.15, 0.2) is 57.5 Å². The van der Waals surface area contributed by atoms with Gasteiger partial charge in [0, 0.05) is 7.05 Å². The van der Waals surface area contributed by atoms with Crippen molar-refractivity contribution >= 4 is 22.6 Å². The molecule has 1 aliphatic rings. The average Bonchev–Trinajstić information content (AvgIpc) is 2.62. The van der Waals surface area contributed by atoms with E-state index in [1.807, 2.05) is 31.2 Å². The average molecular weight is 364 g/mol. The van der Waals surface area contributed by atoms with Gasteiger partial charge < -0.3 is 0 Å². The molecule has 0 amide bonds. The predicted molar refractivity (Wildman–Crippen MR) is 113 cm³/mol. The van der Waals surface area contributed by atoms with Crippen molar-refractivity contribution < 1.29 is 0 Å². The van der Waals surface area contributed by atoms with Gasteiger partial charge in [0.1, 0.15) is 0 Å². The molecule has 0 atom stereocenters. The van der Waals surface area contributed by atoms with Crippen LogP contribution < -0.4 is 11.0 Å². The van der Waals surface area contributed by atoms with Gasteiger partial charge >= 0.3 is 0 Å². The molecule has 5 heteroatoms. The summed E-state index contributed by atoms with van der Waals surface area (Å²) in [6.07, 6.45) is 7.84. The summed E-state index contributed by atoms with van der Waals surface area (Å²) in [7, 11) is 1.70. The van der Waals surface area contributed by atoms with Crippen LogP contribution >= 0.6 is 0 Å². The van der Waals surface area contributed by atoms with Crippen LogP contribution in [-0.4, -0.2) is 15.3 Å². The maximum Gasteiger partial charge on any atom is 0.262 e. The number of anilines is 1. The van der Waals surface area contributed by atoms with E-state index in [0.717, 1.165) is 5.71 Å². The number of hydrogen-bond acceptors (Lipinski definition) is 4. The second-order valence-electron chi connectivity index (χ2n) is 7.95. The summed E-state index contributed by atoms with van der Waals surface area (Å²) in [5.41, 5.74) is 7.41. The van der Waals surface area contributed by atoms with Crippen molar-refractivity contribution in [2.45, 2.75) is 47.0 Å². The summed E-state index contributed by atoms with van der Waals surface area (Å²) in [5, 5.41) is 5.00. The Labute approximate surface area is 160 Å². The lowest BCUT2D eigenvalue weighted by molar-refractivity contribution is 0.377. The number of aromatic nitrogens is 2. The summed E-state index contributed by atoms with van der Waals surface area (Å²) < 4.78 is 1.49. The topological polar surface area (TPSA) is 59.3 Å². The van der Waals surface area contributed by atoms with Gasteiger partial charge in [0.2, 0.25) is 5.95 Å². The van der Waals surface area contributed by atoms with Crippen LogP contribution in [-0.2, 0) is 7.05 Å². The third kappa shape index (κ3) is 4.02. The number of para-hydroxylation sites is 1. The quantitative estimate of drug-likeness (QED) is 0.626. The summed E-state index contributed by atoms with van der Waals surface area (Å²) >= 11 is 0. The molecule has 0 fully saturated rings. The van der Waals surface area contributed by atoms with E-state index in [-0.39, 0.29) is 11.0 Å². The highest BCUT2D eigenvalue weighted by Gasteiger charge is 2.26. The first-order valence-electron chi connectivity index (χ1n) is 9.44. The molecule has 0 aliphatic heterocycles. The second-order valence-corrected chi connectivity index (χ2v) is 7.95. The third-order valence-corrected chi connectivity index (χ3v) is 5.35. The van der Waals surface area contributed by atoms with Crippen molar-refractivity contribution in [3.05, 3.63) is 57.9 Å². The van der Waals surface area contributed by atoms with Gasteiger partial charge in [0.25, 0.3) is 5.56 Å². The monoisotopic (exact) mass is 364 g/mol. The number of allylic oxidation sites excluding steroid dienone is 4. The Morgan fingerprint density at radius 1 is 1.33 bits per heavy atom. The molecular weight excluding hydrogens is 336 g/mol. The highest BCUT2D eigenvalue weighted by atomic mass is 16.1. The van der Waals surface area contributed by atoms with Crippen LogP contribution in [0.3, 0.4) is 0 Å². The van der Waals surface area contributed by atoms with E-state index in [4.69, 9.17) is 0 Å². The molecule has 0 bridgehead atoms. The lowest BCUT2D eigenvalue weighted by Gasteiger charge is -2.32. The first-order valence-corrected chi connectivity index (χ1v) is 9.44. The summed E-state index contributed by atoms with van der Waals surface area (Å²) in [6, 6.07) is 7.33. The lowest BCUT2D eigenvalue weighted by atomic mass is 9.72. The highest BCUT2D eigenvalue weighted by Crippen LogP contribution is 2.40. The first kappa shape index (κ1) is 19.1. The minimum Gasteiger partial charge on any atom is -0.280 e. The standard InChI is InChI=1S/C22H28N4O/c1-15-9-8-14-22(3,4)18(15)13-12-16(2)24-25-21-23-19-11-7-6-10-17(19)20(27)26(21)5/h6-7,10-13H,8-9,14H2,1-5H3,(H,23,25)/b13-12-,24-16?. The number of nitrogens with one attached hydrogen (secondary N) is 1. The van der Waals surface area contributed by atoms with Gasteiger partial charge in [-0.25, -0.2) is 10.4 Å². The Morgan fingerprint density at radius 3 is 2.81 bits per heavy atom. The molecule has 1 N–H and O–H groups in total. The number of nitrogens with zero attached hydrogens (tertiary/aromatic N) is 3. The minimum atomic E-state index is -0.0868. The lowest BCUT2D eigenvalue weighted by Crippen LogP contribution is -2.21. The maximum absolute atomic E-state index is 12.4. The summed E-state index contributed by atoms with van der Waals surface area (Å²) in [6.45, 7) is 8.76. The zero-order valence-corrected chi connectivity index (χ0v) is 16.8. The molecule has 27 heavy (non-hydrogen) atoms. The molecule has 1 aromatic heterocycles. The van der Waals surface area contributed by atoms with Crippen LogP contribution in [0.5, 0.6) is 0 Å². The SMILES string of the molecule is CC(/C=C\C1=C(C)CCCC1(C)C)=NNc1nc2ccccc2c(=O)n1C. The van der Waals surface area contributed by atoms with E-state index < -0.39 is 0 Å². The van der Waals surface area contributed by atoms with E-state index in [0.29, 0.717) is 16.9 Å². The molecule has 0 unspecified atom stereocenters. The minimum absolute atomic E-state index is 0.0868. The second kappa shape index (κ2) is 7.51. The molecule has 3 rings (SSSR count). The van der Waals surface area contributed by atoms with Crippen molar-refractivity contribution in [1.82, 2.24) is 9.55 Å². The Hall–Kier alpha value is -2.69. The van der Waals surface area contributed by atoms with Crippen LogP contribution in [0.4, 0.5) is 5.95 Å². The van der Waals surface area contributed by atoms with Gasteiger partial charge in [-0.05, 0) is 62.3 Å². The van der Waals surface area contributed by atoms with Gasteiger partial charge in [0.05, 0.1) is 16.6 Å². The molecule has 5 nitrogen and oxygen atoms in total. The van der Waals surface area contributed by atoms with E-state index in [1.54, 1.807) is 13.1 Å². The van der Waals surface area contributed by atoms with Gasteiger partial charge in [-0.1, -0.05) is 37.6 Å². The van der Waals surface area contributed by atoms with Crippen LogP contribution in [0.25, 0.3) is 10.9 Å².